The van der Waals surface area contributed by atoms with Gasteiger partial charge in [-0.3, -0.25) is 14.4 Å². The van der Waals surface area contributed by atoms with Crippen molar-refractivity contribution in [2.75, 3.05) is 17.0 Å². The monoisotopic (exact) mass is 588 g/mol. The number of halogens is 1. The van der Waals surface area contributed by atoms with Gasteiger partial charge in [0.25, 0.3) is 0 Å². The number of rotatable bonds is 4. The van der Waals surface area contributed by atoms with Gasteiger partial charge in [-0.2, -0.15) is 0 Å². The van der Waals surface area contributed by atoms with E-state index in [4.69, 9.17) is 21.1 Å². The summed E-state index contributed by atoms with van der Waals surface area (Å²) in [6.45, 7) is 2.07. The predicted molar refractivity (Wildman–Crippen MR) is 163 cm³/mol. The van der Waals surface area contributed by atoms with Gasteiger partial charge in [0.2, 0.25) is 12.7 Å². The van der Waals surface area contributed by atoms with E-state index >= 15 is 0 Å². The van der Waals surface area contributed by atoms with E-state index in [2.05, 4.69) is 5.32 Å². The summed E-state index contributed by atoms with van der Waals surface area (Å²) < 4.78 is 11.1. The van der Waals surface area contributed by atoms with Crippen molar-refractivity contribution in [1.82, 2.24) is 0 Å². The molecule has 0 saturated carbocycles. The Hall–Kier alpha value is -4.88. The number of aryl methyl sites for hydroxylation is 1. The summed E-state index contributed by atoms with van der Waals surface area (Å²) in [6, 6.07) is 23.5. The quantitative estimate of drug-likeness (QED) is 0.284. The number of Topliss-reactive ketones (excluding diaryl/α,β-unsaturated/α-hetero) is 2. The summed E-state index contributed by atoms with van der Waals surface area (Å²) in [5.41, 5.74) is 3.46. The number of amides is 1. The zero-order valence-electron chi connectivity index (χ0n) is 23.0. The molecule has 4 aliphatic rings. The second kappa shape index (κ2) is 9.31. The molecule has 4 aliphatic heterocycles. The van der Waals surface area contributed by atoms with Gasteiger partial charge >= 0.3 is 0 Å². The van der Waals surface area contributed by atoms with Crippen LogP contribution in [-0.2, 0) is 10.2 Å². The number of fused-ring (bicyclic) bond motifs is 7. The van der Waals surface area contributed by atoms with Crippen molar-refractivity contribution in [2.45, 2.75) is 24.4 Å². The number of carbonyl (C=O) groups is 3. The molecule has 0 aliphatic carbocycles. The largest absolute Gasteiger partial charge is 0.454 e. The number of ketones is 2. The number of para-hydroxylation sites is 1. The highest BCUT2D eigenvalue weighted by molar-refractivity contribution is 6.30. The first-order valence-electron chi connectivity index (χ1n) is 14.1. The van der Waals surface area contributed by atoms with Gasteiger partial charge in [-0.15, -0.1) is 0 Å². The van der Waals surface area contributed by atoms with E-state index in [1.807, 2.05) is 66.4 Å². The molecule has 4 aromatic carbocycles. The summed E-state index contributed by atoms with van der Waals surface area (Å²) in [5, 5.41) is 3.55. The van der Waals surface area contributed by atoms with Gasteiger partial charge in [0.05, 0.1) is 12.0 Å². The lowest BCUT2D eigenvalue weighted by Gasteiger charge is -2.37. The number of carbonyl (C=O) groups excluding carboxylic acids is 3. The molecule has 4 atom stereocenters. The lowest BCUT2D eigenvalue weighted by molar-refractivity contribution is -0.121. The number of ether oxygens (including phenoxy) is 2. The Balaban J connectivity index is 1.41. The van der Waals surface area contributed by atoms with Gasteiger partial charge in [-0.05, 0) is 78.7 Å². The summed E-state index contributed by atoms with van der Waals surface area (Å²) in [6.07, 6.45) is 3.97. The summed E-state index contributed by atoms with van der Waals surface area (Å²) in [4.78, 5) is 46.2. The number of anilines is 2. The molecule has 8 heteroatoms. The highest BCUT2D eigenvalue weighted by Gasteiger charge is 2.70. The molecule has 1 saturated heterocycles. The highest BCUT2D eigenvalue weighted by Crippen LogP contribution is 2.58. The van der Waals surface area contributed by atoms with Gasteiger partial charge in [0.1, 0.15) is 11.5 Å². The van der Waals surface area contributed by atoms with Crippen LogP contribution < -0.4 is 19.7 Å². The zero-order chi connectivity index (χ0) is 29.5. The fourth-order valence-electron chi connectivity index (χ4n) is 7.31. The van der Waals surface area contributed by atoms with E-state index in [1.165, 1.54) is 0 Å². The van der Waals surface area contributed by atoms with Crippen molar-refractivity contribution >= 4 is 46.5 Å². The van der Waals surface area contributed by atoms with E-state index in [1.54, 1.807) is 42.5 Å². The van der Waals surface area contributed by atoms with Crippen molar-refractivity contribution in [1.29, 1.82) is 0 Å². The van der Waals surface area contributed by atoms with Crippen LogP contribution in [0, 0.1) is 12.8 Å². The maximum atomic E-state index is 15.0. The molecule has 4 heterocycles. The summed E-state index contributed by atoms with van der Waals surface area (Å²) >= 11 is 6.19. The maximum Gasteiger partial charge on any atom is 0.238 e. The number of hydrogen-bond donors (Lipinski definition) is 1. The molecule has 0 bridgehead atoms. The van der Waals surface area contributed by atoms with Crippen LogP contribution >= 0.6 is 11.6 Å². The molecule has 0 aromatic heterocycles. The van der Waals surface area contributed by atoms with Crippen molar-refractivity contribution in [3.05, 3.63) is 124 Å². The lowest BCUT2D eigenvalue weighted by atomic mass is 9.64. The molecule has 1 amide bonds. The first-order chi connectivity index (χ1) is 20.9. The minimum Gasteiger partial charge on any atom is -0.454 e. The van der Waals surface area contributed by atoms with Crippen molar-refractivity contribution in [2.24, 2.45) is 5.92 Å². The second-order valence-electron chi connectivity index (χ2n) is 11.4. The SMILES string of the molecule is Cc1ccc2c(c1)C=C[C@H]1N2[C@H](C(=O)c2ccc(Cl)cc2)[C@H](C(=O)c2ccc3c(c2)OCO3)[C@]12C(=O)Nc1ccccc12. The maximum absolute atomic E-state index is 15.0. The Bertz CT molecular complexity index is 1900. The second-order valence-corrected chi connectivity index (χ2v) is 11.8. The molecular weight excluding hydrogens is 564 g/mol. The number of nitrogens with one attached hydrogen (secondary N) is 1. The van der Waals surface area contributed by atoms with Crippen LogP contribution in [0.4, 0.5) is 11.4 Å². The standard InChI is InChI=1S/C35H25ClN2O5/c1-19-6-13-26-21(16-19)10-15-29-35(24-4-2-3-5-25(24)37-34(35)41)30(32(39)22-9-14-27-28(17-22)43-18-42-27)31(38(26)29)33(40)20-7-11-23(36)12-8-20/h2-17,29-31H,18H2,1H3,(H,37,41)/t29-,30-,31+,35-/m1/s1. The average Bonchev–Trinajstić information content (AvgIpc) is 3.69. The summed E-state index contributed by atoms with van der Waals surface area (Å²) in [7, 11) is 0. The lowest BCUT2D eigenvalue weighted by Crippen LogP contribution is -2.51. The Morgan fingerprint density at radius 2 is 1.67 bits per heavy atom. The van der Waals surface area contributed by atoms with Gasteiger partial charge in [-0.25, -0.2) is 0 Å². The van der Waals surface area contributed by atoms with Crippen LogP contribution in [0.25, 0.3) is 6.08 Å². The third-order valence-corrected chi connectivity index (χ3v) is 9.38. The van der Waals surface area contributed by atoms with Crippen molar-refractivity contribution in [3.8, 4) is 11.5 Å². The Morgan fingerprint density at radius 3 is 2.51 bits per heavy atom. The molecule has 1 fully saturated rings. The molecule has 8 rings (SSSR count). The molecular formula is C35H25ClN2O5. The van der Waals surface area contributed by atoms with Gasteiger partial charge in [-0.1, -0.05) is 53.6 Å². The van der Waals surface area contributed by atoms with E-state index in [0.29, 0.717) is 38.9 Å². The van der Waals surface area contributed by atoms with E-state index in [0.717, 1.165) is 16.8 Å². The predicted octanol–water partition coefficient (Wildman–Crippen LogP) is 6.23. The van der Waals surface area contributed by atoms with Crippen LogP contribution in [0.15, 0.2) is 91.0 Å². The molecule has 4 aromatic rings. The molecule has 212 valence electrons. The molecule has 0 unspecified atom stereocenters. The molecule has 7 nitrogen and oxygen atoms in total. The molecule has 43 heavy (non-hydrogen) atoms. The smallest absolute Gasteiger partial charge is 0.238 e. The van der Waals surface area contributed by atoms with Gasteiger partial charge < -0.3 is 19.7 Å². The first-order valence-corrected chi connectivity index (χ1v) is 14.5. The third-order valence-electron chi connectivity index (χ3n) is 9.13. The minimum atomic E-state index is -1.39. The number of benzene rings is 4. The highest BCUT2D eigenvalue weighted by atomic mass is 35.5. The van der Waals surface area contributed by atoms with Crippen LogP contribution in [0.1, 0.15) is 37.4 Å². The van der Waals surface area contributed by atoms with E-state index in [9.17, 15) is 14.4 Å². The van der Waals surface area contributed by atoms with E-state index < -0.39 is 23.4 Å². The summed E-state index contributed by atoms with van der Waals surface area (Å²) in [5.74, 6) is -0.991. The Kier molecular flexibility index (Phi) is 5.59. The molecule has 1 N–H and O–H groups in total. The Labute approximate surface area is 252 Å². The van der Waals surface area contributed by atoms with Crippen molar-refractivity contribution in [3.63, 3.8) is 0 Å². The van der Waals surface area contributed by atoms with Crippen LogP contribution in [-0.4, -0.2) is 36.4 Å². The first kappa shape index (κ1) is 25.8. The number of hydrogen-bond acceptors (Lipinski definition) is 6. The van der Waals surface area contributed by atoms with Crippen LogP contribution in [0.5, 0.6) is 11.5 Å². The normalized spacial score (nSPS) is 24.0. The fourth-order valence-corrected chi connectivity index (χ4v) is 7.44. The molecule has 1 spiro atoms. The fraction of sp³-hybridized carbons (Fsp3) is 0.171. The van der Waals surface area contributed by atoms with Crippen LogP contribution in [0.2, 0.25) is 5.02 Å². The Morgan fingerprint density at radius 1 is 0.907 bits per heavy atom. The molecule has 0 radical (unpaired) electrons. The topological polar surface area (TPSA) is 84.9 Å². The van der Waals surface area contributed by atoms with E-state index in [-0.39, 0.29) is 24.3 Å². The van der Waals surface area contributed by atoms with Gasteiger partial charge in [0, 0.05) is 27.5 Å². The van der Waals surface area contributed by atoms with Gasteiger partial charge in [0.15, 0.2) is 23.1 Å². The zero-order valence-corrected chi connectivity index (χ0v) is 23.8. The number of nitrogens with zero attached hydrogens (tertiary/aromatic N) is 1. The minimum absolute atomic E-state index is 0.0602. The van der Waals surface area contributed by atoms with Crippen LogP contribution in [0.3, 0.4) is 0 Å². The third kappa shape index (κ3) is 3.58. The average molecular weight is 589 g/mol. The van der Waals surface area contributed by atoms with Crippen molar-refractivity contribution < 1.29 is 23.9 Å².